The maximum Gasteiger partial charge on any atom is 0.0377 e. The lowest BCUT2D eigenvalue weighted by Crippen LogP contribution is -2.47. The van der Waals surface area contributed by atoms with Crippen molar-refractivity contribution in [3.05, 3.63) is 48.7 Å². The van der Waals surface area contributed by atoms with Crippen molar-refractivity contribution in [1.29, 1.82) is 0 Å². The van der Waals surface area contributed by atoms with Crippen LogP contribution < -0.4 is 10.6 Å². The Labute approximate surface area is 139 Å². The van der Waals surface area contributed by atoms with Crippen molar-refractivity contribution >= 4 is 11.4 Å². The van der Waals surface area contributed by atoms with Crippen LogP contribution in [0.25, 0.3) is 5.70 Å². The Balaban J connectivity index is 1.51. The number of likely N-dealkylation sites (tertiary alicyclic amines) is 1. The van der Waals surface area contributed by atoms with E-state index in [1.54, 1.807) is 0 Å². The van der Waals surface area contributed by atoms with E-state index < -0.39 is 0 Å². The van der Waals surface area contributed by atoms with Crippen LogP contribution in [0.15, 0.2) is 43.1 Å². The van der Waals surface area contributed by atoms with Crippen molar-refractivity contribution in [1.82, 2.24) is 9.80 Å². The average molecular weight is 312 g/mol. The Morgan fingerprint density at radius 1 is 0.913 bits per heavy atom. The fraction of sp³-hybridized carbons (Fsp3) is 0.474. The lowest BCUT2D eigenvalue weighted by molar-refractivity contribution is 0.270. The second-order valence-electron chi connectivity index (χ2n) is 6.60. The molecule has 2 aliphatic rings. The van der Waals surface area contributed by atoms with Gasteiger partial charge in [0.1, 0.15) is 0 Å². The molecule has 4 nitrogen and oxygen atoms in total. The molecular formula is C19H28N4. The Bertz CT molecular complexity index is 549. The molecular weight excluding hydrogens is 284 g/mol. The molecule has 3 rings (SSSR count). The fourth-order valence-electron chi connectivity index (χ4n) is 3.47. The van der Waals surface area contributed by atoms with E-state index >= 15 is 0 Å². The highest BCUT2D eigenvalue weighted by Crippen LogP contribution is 2.20. The number of nitrogens with zero attached hydrogens (tertiary/aromatic N) is 3. The SMILES string of the molecule is C=C(N)c1ccc(N2CCN(C(=C)CN3CCCC3)CC2)cc1. The minimum atomic E-state index is 0.625. The maximum atomic E-state index is 5.73. The van der Waals surface area contributed by atoms with Gasteiger partial charge in [0.15, 0.2) is 0 Å². The predicted molar refractivity (Wildman–Crippen MR) is 98.3 cm³/mol. The van der Waals surface area contributed by atoms with Crippen LogP contribution in [-0.2, 0) is 0 Å². The van der Waals surface area contributed by atoms with Crippen LogP contribution in [0.5, 0.6) is 0 Å². The summed E-state index contributed by atoms with van der Waals surface area (Å²) in [5, 5.41) is 0. The van der Waals surface area contributed by atoms with Gasteiger partial charge in [-0.2, -0.15) is 0 Å². The van der Waals surface area contributed by atoms with E-state index in [4.69, 9.17) is 5.73 Å². The third-order valence-electron chi connectivity index (χ3n) is 4.93. The second kappa shape index (κ2) is 7.09. The van der Waals surface area contributed by atoms with E-state index in [1.165, 1.54) is 37.3 Å². The predicted octanol–water partition coefficient (Wildman–Crippen LogP) is 2.35. The number of rotatable bonds is 5. The summed E-state index contributed by atoms with van der Waals surface area (Å²) in [6, 6.07) is 8.39. The lowest BCUT2D eigenvalue weighted by atomic mass is 10.1. The van der Waals surface area contributed by atoms with E-state index in [0.717, 1.165) is 38.3 Å². The molecule has 23 heavy (non-hydrogen) atoms. The summed E-state index contributed by atoms with van der Waals surface area (Å²) in [5.74, 6) is 0. The summed E-state index contributed by atoms with van der Waals surface area (Å²) in [4.78, 5) is 7.40. The first-order valence-electron chi connectivity index (χ1n) is 8.58. The van der Waals surface area contributed by atoms with Crippen LogP contribution in [0.3, 0.4) is 0 Å². The van der Waals surface area contributed by atoms with Crippen LogP contribution in [-0.4, -0.2) is 55.6 Å². The van der Waals surface area contributed by atoms with Gasteiger partial charge in [-0.25, -0.2) is 0 Å². The number of hydrogen-bond donors (Lipinski definition) is 1. The molecule has 2 heterocycles. The minimum absolute atomic E-state index is 0.625. The van der Waals surface area contributed by atoms with Crippen molar-refractivity contribution in [3.63, 3.8) is 0 Å². The minimum Gasteiger partial charge on any atom is -0.399 e. The summed E-state index contributed by atoms with van der Waals surface area (Å²) >= 11 is 0. The highest BCUT2D eigenvalue weighted by atomic mass is 15.3. The third-order valence-corrected chi connectivity index (χ3v) is 4.93. The highest BCUT2D eigenvalue weighted by molar-refractivity contribution is 5.63. The van der Waals surface area contributed by atoms with Gasteiger partial charge >= 0.3 is 0 Å². The van der Waals surface area contributed by atoms with Crippen molar-refractivity contribution in [2.24, 2.45) is 5.73 Å². The number of piperazine rings is 1. The molecule has 0 bridgehead atoms. The van der Waals surface area contributed by atoms with Gasteiger partial charge in [0, 0.05) is 49.8 Å². The van der Waals surface area contributed by atoms with Gasteiger partial charge in [0.25, 0.3) is 0 Å². The van der Waals surface area contributed by atoms with E-state index in [1.807, 2.05) is 0 Å². The van der Waals surface area contributed by atoms with Gasteiger partial charge in [0.05, 0.1) is 0 Å². The maximum absolute atomic E-state index is 5.73. The Morgan fingerprint density at radius 2 is 1.52 bits per heavy atom. The van der Waals surface area contributed by atoms with Crippen LogP contribution in [0, 0.1) is 0 Å². The Morgan fingerprint density at radius 3 is 2.09 bits per heavy atom. The number of benzene rings is 1. The monoisotopic (exact) mass is 312 g/mol. The molecule has 0 spiro atoms. The molecule has 2 N–H and O–H groups in total. The zero-order chi connectivity index (χ0) is 16.2. The summed E-state index contributed by atoms with van der Waals surface area (Å²) in [5.41, 5.74) is 9.91. The molecule has 124 valence electrons. The first-order valence-corrected chi connectivity index (χ1v) is 8.58. The zero-order valence-corrected chi connectivity index (χ0v) is 14.0. The molecule has 4 heteroatoms. The van der Waals surface area contributed by atoms with E-state index in [9.17, 15) is 0 Å². The van der Waals surface area contributed by atoms with E-state index in [2.05, 4.69) is 52.1 Å². The van der Waals surface area contributed by atoms with Crippen molar-refractivity contribution in [2.45, 2.75) is 12.8 Å². The zero-order valence-electron chi connectivity index (χ0n) is 14.0. The smallest absolute Gasteiger partial charge is 0.0377 e. The molecule has 0 radical (unpaired) electrons. The normalized spacial score (nSPS) is 19.1. The van der Waals surface area contributed by atoms with Crippen molar-refractivity contribution < 1.29 is 0 Å². The van der Waals surface area contributed by atoms with E-state index in [0.29, 0.717) is 5.70 Å². The summed E-state index contributed by atoms with van der Waals surface area (Å²) < 4.78 is 0. The van der Waals surface area contributed by atoms with Gasteiger partial charge in [0.2, 0.25) is 0 Å². The van der Waals surface area contributed by atoms with Crippen LogP contribution >= 0.6 is 0 Å². The summed E-state index contributed by atoms with van der Waals surface area (Å²) in [6.07, 6.45) is 2.68. The van der Waals surface area contributed by atoms with Gasteiger partial charge < -0.3 is 15.5 Å². The van der Waals surface area contributed by atoms with E-state index in [-0.39, 0.29) is 0 Å². The largest absolute Gasteiger partial charge is 0.399 e. The Hall–Kier alpha value is -1.94. The molecule has 0 aromatic heterocycles. The number of nitrogens with two attached hydrogens (primary N) is 1. The molecule has 2 saturated heterocycles. The average Bonchev–Trinajstić information content (AvgIpc) is 3.08. The van der Waals surface area contributed by atoms with Gasteiger partial charge in [-0.1, -0.05) is 25.3 Å². The van der Waals surface area contributed by atoms with Crippen LogP contribution in [0.4, 0.5) is 5.69 Å². The summed E-state index contributed by atoms with van der Waals surface area (Å²) in [7, 11) is 0. The lowest BCUT2D eigenvalue weighted by Gasteiger charge is -2.39. The van der Waals surface area contributed by atoms with Crippen LogP contribution in [0.1, 0.15) is 18.4 Å². The first kappa shape index (κ1) is 15.9. The van der Waals surface area contributed by atoms with Gasteiger partial charge in [-0.3, -0.25) is 4.90 Å². The van der Waals surface area contributed by atoms with Gasteiger partial charge in [-0.15, -0.1) is 0 Å². The summed E-state index contributed by atoms with van der Waals surface area (Å²) in [6.45, 7) is 15.8. The molecule has 0 amide bonds. The fourth-order valence-corrected chi connectivity index (χ4v) is 3.47. The number of hydrogen-bond acceptors (Lipinski definition) is 4. The topological polar surface area (TPSA) is 35.7 Å². The quantitative estimate of drug-likeness (QED) is 0.905. The van der Waals surface area contributed by atoms with Crippen LogP contribution in [0.2, 0.25) is 0 Å². The van der Waals surface area contributed by atoms with Crippen molar-refractivity contribution in [3.8, 4) is 0 Å². The molecule has 0 aliphatic carbocycles. The highest BCUT2D eigenvalue weighted by Gasteiger charge is 2.20. The standard InChI is InChI=1S/C19H28N4/c1-16(15-21-9-3-4-10-21)22-11-13-23(14-12-22)19-7-5-18(6-8-19)17(2)20/h5-8H,1-4,9-15,20H2. The third kappa shape index (κ3) is 3.88. The van der Waals surface area contributed by atoms with Crippen molar-refractivity contribution in [2.75, 3.05) is 50.7 Å². The first-order chi connectivity index (χ1) is 11.1. The Kier molecular flexibility index (Phi) is 4.91. The molecule has 0 saturated carbocycles. The molecule has 2 fully saturated rings. The molecule has 2 aliphatic heterocycles. The molecule has 0 unspecified atom stereocenters. The number of anilines is 1. The molecule has 1 aromatic carbocycles. The second-order valence-corrected chi connectivity index (χ2v) is 6.60. The van der Waals surface area contributed by atoms with Gasteiger partial charge in [-0.05, 0) is 43.6 Å². The molecule has 0 atom stereocenters. The molecule has 1 aromatic rings.